The van der Waals surface area contributed by atoms with Gasteiger partial charge in [0.25, 0.3) is 5.91 Å². The van der Waals surface area contributed by atoms with Crippen molar-refractivity contribution in [3.05, 3.63) is 77.7 Å². The number of amides is 1. The van der Waals surface area contributed by atoms with Crippen LogP contribution in [0.5, 0.6) is 11.5 Å². The number of aliphatic hydroxyl groups is 1. The van der Waals surface area contributed by atoms with Crippen LogP contribution in [-0.2, 0) is 4.79 Å². The van der Waals surface area contributed by atoms with Gasteiger partial charge in [-0.05, 0) is 66.9 Å². The summed E-state index contributed by atoms with van der Waals surface area (Å²) in [6.07, 6.45) is 2.36. The molecule has 0 radical (unpaired) electrons. The molecule has 1 fully saturated rings. The lowest BCUT2D eigenvalue weighted by atomic mass is 9.99. The topological polar surface area (TPSA) is 114 Å². The number of ketones is 1. The Balaban J connectivity index is 1.19. The normalized spacial score (nSPS) is 16.6. The van der Waals surface area contributed by atoms with Crippen LogP contribution in [0.15, 0.2) is 65.3 Å². The van der Waals surface area contributed by atoms with E-state index in [1.165, 1.54) is 12.1 Å². The molecule has 2 unspecified atom stereocenters. The Morgan fingerprint density at radius 2 is 1.75 bits per heavy atom. The van der Waals surface area contributed by atoms with Gasteiger partial charge in [-0.1, -0.05) is 35.5 Å². The fourth-order valence-electron chi connectivity index (χ4n) is 5.23. The van der Waals surface area contributed by atoms with Crippen LogP contribution >= 0.6 is 0 Å². The van der Waals surface area contributed by atoms with Crippen molar-refractivity contribution in [3.8, 4) is 22.6 Å². The van der Waals surface area contributed by atoms with Crippen LogP contribution in [0.3, 0.4) is 0 Å². The zero-order valence-corrected chi connectivity index (χ0v) is 21.6. The maximum Gasteiger partial charge on any atom is 0.292 e. The fraction of sp³-hybridized carbons (Fsp3) is 0.300. The van der Waals surface area contributed by atoms with Crippen molar-refractivity contribution in [2.75, 3.05) is 32.8 Å². The number of rotatable bonds is 8. The summed E-state index contributed by atoms with van der Waals surface area (Å²) in [6, 6.07) is 14.2. The number of carbonyl (C=O) groups is 2. The number of aliphatic hydroxyl groups excluding tert-OH is 1. The molecule has 1 amide bonds. The molecule has 2 aliphatic heterocycles. The number of aromatic nitrogens is 1. The monoisotopic (exact) mass is 545 g/mol. The minimum Gasteiger partial charge on any atom is -0.486 e. The van der Waals surface area contributed by atoms with E-state index in [0.717, 1.165) is 42.4 Å². The number of fused-ring (bicyclic) bond motifs is 2. The molecule has 9 nitrogen and oxygen atoms in total. The van der Waals surface area contributed by atoms with Crippen LogP contribution in [0.25, 0.3) is 22.1 Å². The molecule has 6 rings (SSSR count). The van der Waals surface area contributed by atoms with Crippen molar-refractivity contribution in [3.63, 3.8) is 0 Å². The molecular weight excluding hydrogens is 517 g/mol. The minimum absolute atomic E-state index is 0.00214. The number of likely N-dealkylation sites (tertiary alicyclic amines) is 1. The first-order valence-electron chi connectivity index (χ1n) is 13.3. The molecule has 0 saturated carbocycles. The second-order valence-electron chi connectivity index (χ2n) is 10.0. The first-order valence-corrected chi connectivity index (χ1v) is 13.3. The van der Waals surface area contributed by atoms with Crippen LogP contribution in [0.1, 0.15) is 34.9 Å². The molecule has 4 aromatic rings. The van der Waals surface area contributed by atoms with E-state index >= 15 is 0 Å². The quantitative estimate of drug-likeness (QED) is 0.253. The molecule has 0 aliphatic carbocycles. The van der Waals surface area contributed by atoms with Gasteiger partial charge in [-0.15, -0.1) is 0 Å². The summed E-state index contributed by atoms with van der Waals surface area (Å²) in [5, 5.41) is 18.6. The lowest BCUT2D eigenvalue weighted by Gasteiger charge is -2.29. The number of nitrogens with one attached hydrogen (secondary N) is 1. The first kappa shape index (κ1) is 26.0. The van der Waals surface area contributed by atoms with Crippen molar-refractivity contribution in [1.82, 2.24) is 15.4 Å². The van der Waals surface area contributed by atoms with E-state index in [1.54, 1.807) is 30.5 Å². The molecular formula is C30H28FN3O6. The Morgan fingerprint density at radius 1 is 1.00 bits per heavy atom. The zero-order chi connectivity index (χ0) is 27.6. The maximum absolute atomic E-state index is 14.7. The Morgan fingerprint density at radius 3 is 2.55 bits per heavy atom. The molecule has 2 atom stereocenters. The molecule has 3 aromatic carbocycles. The van der Waals surface area contributed by atoms with Crippen LogP contribution in [-0.4, -0.2) is 65.7 Å². The number of halogens is 1. The number of hydrogen-bond donors (Lipinski definition) is 2. The Labute approximate surface area is 229 Å². The van der Waals surface area contributed by atoms with Crippen LogP contribution in [0, 0.1) is 5.82 Å². The number of benzene rings is 3. The van der Waals surface area contributed by atoms with E-state index in [-0.39, 0.29) is 35.8 Å². The minimum atomic E-state index is -1.28. The van der Waals surface area contributed by atoms with Gasteiger partial charge in [0, 0.05) is 17.5 Å². The largest absolute Gasteiger partial charge is 0.486 e. The predicted molar refractivity (Wildman–Crippen MR) is 144 cm³/mol. The van der Waals surface area contributed by atoms with E-state index in [2.05, 4.69) is 15.4 Å². The molecule has 40 heavy (non-hydrogen) atoms. The second kappa shape index (κ2) is 11.1. The molecule has 1 saturated heterocycles. The lowest BCUT2D eigenvalue weighted by molar-refractivity contribution is -0.118. The molecule has 1 aromatic heterocycles. The van der Waals surface area contributed by atoms with E-state index in [0.29, 0.717) is 12.1 Å². The van der Waals surface area contributed by atoms with Gasteiger partial charge in [0.1, 0.15) is 19.3 Å². The summed E-state index contributed by atoms with van der Waals surface area (Å²) in [5.41, 5.74) is 2.90. The number of Topliss-reactive ketones (excluding diaryl/α,β-unsaturated/α-hetero) is 1. The zero-order valence-electron chi connectivity index (χ0n) is 21.6. The number of carbonyl (C=O) groups excluding carboxylic acids is 2. The highest BCUT2D eigenvalue weighted by Gasteiger charge is 2.31. The van der Waals surface area contributed by atoms with E-state index < -0.39 is 29.7 Å². The Hall–Kier alpha value is -4.28. The van der Waals surface area contributed by atoms with E-state index in [4.69, 9.17) is 14.0 Å². The van der Waals surface area contributed by atoms with Crippen molar-refractivity contribution in [2.45, 2.75) is 25.0 Å². The Bertz CT molecular complexity index is 1550. The highest BCUT2D eigenvalue weighted by Crippen LogP contribution is 2.36. The third-order valence-corrected chi connectivity index (χ3v) is 7.35. The Kier molecular flexibility index (Phi) is 7.19. The molecule has 10 heteroatoms. The summed E-state index contributed by atoms with van der Waals surface area (Å²) >= 11 is 0. The van der Waals surface area contributed by atoms with Gasteiger partial charge in [-0.2, -0.15) is 0 Å². The van der Waals surface area contributed by atoms with Crippen molar-refractivity contribution < 1.29 is 33.1 Å². The van der Waals surface area contributed by atoms with Crippen LogP contribution < -0.4 is 14.8 Å². The average Bonchev–Trinajstić information content (AvgIpc) is 3.68. The van der Waals surface area contributed by atoms with Gasteiger partial charge < -0.3 is 29.3 Å². The summed E-state index contributed by atoms with van der Waals surface area (Å²) in [7, 11) is 0. The SMILES string of the molecule is O=C(NC(CN1CCCC1)C(O)c1cc(F)c2c(c1)OCCO2)C(=O)c1ccc(-c2ccc3oncc3c2)cc1. The van der Waals surface area contributed by atoms with E-state index in [9.17, 15) is 19.1 Å². The third-order valence-electron chi connectivity index (χ3n) is 7.35. The van der Waals surface area contributed by atoms with Crippen molar-refractivity contribution >= 4 is 22.7 Å². The highest BCUT2D eigenvalue weighted by atomic mass is 19.1. The van der Waals surface area contributed by atoms with Gasteiger partial charge in [-0.25, -0.2) is 4.39 Å². The molecule has 0 spiro atoms. The van der Waals surface area contributed by atoms with Gasteiger partial charge in [0.2, 0.25) is 5.78 Å². The molecule has 2 aliphatic rings. The highest BCUT2D eigenvalue weighted by molar-refractivity contribution is 6.42. The van der Waals surface area contributed by atoms with Gasteiger partial charge in [0.05, 0.1) is 12.2 Å². The predicted octanol–water partition coefficient (Wildman–Crippen LogP) is 3.90. The van der Waals surface area contributed by atoms with Crippen molar-refractivity contribution in [1.29, 1.82) is 0 Å². The van der Waals surface area contributed by atoms with Crippen LogP contribution in [0.4, 0.5) is 4.39 Å². The average molecular weight is 546 g/mol. The smallest absolute Gasteiger partial charge is 0.292 e. The third kappa shape index (κ3) is 5.28. The molecule has 0 bridgehead atoms. The van der Waals surface area contributed by atoms with Crippen molar-refractivity contribution in [2.24, 2.45) is 0 Å². The first-order chi connectivity index (χ1) is 19.5. The molecule has 2 N–H and O–H groups in total. The van der Waals surface area contributed by atoms with Gasteiger partial charge >= 0.3 is 0 Å². The molecule has 206 valence electrons. The maximum atomic E-state index is 14.7. The fourth-order valence-corrected chi connectivity index (χ4v) is 5.23. The second-order valence-corrected chi connectivity index (χ2v) is 10.0. The summed E-state index contributed by atoms with van der Waals surface area (Å²) in [6.45, 7) is 2.43. The number of ether oxygens (including phenoxy) is 2. The summed E-state index contributed by atoms with van der Waals surface area (Å²) < 4.78 is 30.7. The van der Waals surface area contributed by atoms with Crippen LogP contribution in [0.2, 0.25) is 0 Å². The lowest BCUT2D eigenvalue weighted by Crippen LogP contribution is -2.48. The standard InChI is InChI=1S/C30H28FN3O6/c31-23-14-21(15-26-29(23)39-12-11-38-26)27(35)24(17-34-9-1-2-10-34)33-30(37)28(36)19-5-3-18(4-6-19)20-7-8-25-22(13-20)16-32-40-25/h3-8,13-16,24,27,35H,1-2,9-12,17H2,(H,33,37). The van der Waals surface area contributed by atoms with Gasteiger partial charge in [0.15, 0.2) is 22.9 Å². The number of nitrogens with zero attached hydrogens (tertiary/aromatic N) is 2. The summed E-state index contributed by atoms with van der Waals surface area (Å²) in [4.78, 5) is 28.3. The summed E-state index contributed by atoms with van der Waals surface area (Å²) in [5.74, 6) is -2.03. The van der Waals surface area contributed by atoms with Gasteiger partial charge in [-0.3, -0.25) is 9.59 Å². The number of hydrogen-bond acceptors (Lipinski definition) is 8. The van der Waals surface area contributed by atoms with E-state index in [1.807, 2.05) is 18.2 Å². The molecule has 3 heterocycles.